The Morgan fingerprint density at radius 1 is 1.33 bits per heavy atom. The summed E-state index contributed by atoms with van der Waals surface area (Å²) in [6, 6.07) is 8.08. The quantitative estimate of drug-likeness (QED) is 0.933. The molecule has 1 aromatic heterocycles. The lowest BCUT2D eigenvalue weighted by Crippen LogP contribution is -2.13. The lowest BCUT2D eigenvalue weighted by Gasteiger charge is -2.06. The van der Waals surface area contributed by atoms with Crippen LogP contribution in [0.25, 0.3) is 11.3 Å². The Kier molecular flexibility index (Phi) is 4.43. The van der Waals surface area contributed by atoms with Gasteiger partial charge in [0.25, 0.3) is 0 Å². The molecule has 3 nitrogen and oxygen atoms in total. The zero-order valence-corrected chi connectivity index (χ0v) is 12.7. The fraction of sp³-hybridized carbons (Fsp3) is 0.308. The Labute approximate surface area is 120 Å². The van der Waals surface area contributed by atoms with Crippen LogP contribution in [0.1, 0.15) is 5.82 Å². The summed E-state index contributed by atoms with van der Waals surface area (Å²) in [5.41, 5.74) is 2.05. The summed E-state index contributed by atoms with van der Waals surface area (Å²) in [6.07, 6.45) is 0.864. The third-order valence-electron chi connectivity index (χ3n) is 2.86. The van der Waals surface area contributed by atoms with E-state index in [1.165, 1.54) is 0 Å². The van der Waals surface area contributed by atoms with Crippen LogP contribution in [-0.2, 0) is 13.5 Å². The van der Waals surface area contributed by atoms with Crippen LogP contribution in [-0.4, -0.2) is 23.1 Å². The number of halogens is 2. The molecule has 0 bridgehead atoms. The maximum atomic E-state index is 6.24. The Balaban J connectivity index is 2.38. The summed E-state index contributed by atoms with van der Waals surface area (Å²) < 4.78 is 3.11. The average Bonchev–Trinajstić information content (AvgIpc) is 2.63. The molecule has 1 N–H and O–H groups in total. The molecule has 2 aromatic rings. The van der Waals surface area contributed by atoms with E-state index < -0.39 is 0 Å². The molecule has 0 radical (unpaired) electrons. The molecule has 0 saturated carbocycles. The average molecular weight is 329 g/mol. The predicted octanol–water partition coefficient (Wildman–Crippen LogP) is 3.26. The molecule has 96 valence electrons. The largest absolute Gasteiger partial charge is 0.330 e. The monoisotopic (exact) mass is 327 g/mol. The lowest BCUT2D eigenvalue weighted by atomic mass is 10.2. The highest BCUT2D eigenvalue weighted by molar-refractivity contribution is 9.10. The number of rotatable bonds is 4. The third kappa shape index (κ3) is 2.76. The van der Waals surface area contributed by atoms with Crippen LogP contribution < -0.4 is 5.32 Å². The number of likely N-dealkylation sites (N-methyl/N-ethyl adjacent to an activating group) is 1. The minimum absolute atomic E-state index is 0.561. The molecule has 0 amide bonds. The number of nitrogens with one attached hydrogen (secondary N) is 1. The maximum absolute atomic E-state index is 6.24. The van der Waals surface area contributed by atoms with Crippen LogP contribution in [0.15, 0.2) is 28.7 Å². The summed E-state index contributed by atoms with van der Waals surface area (Å²) in [7, 11) is 3.93. The van der Waals surface area contributed by atoms with Crippen molar-refractivity contribution in [3.05, 3.63) is 39.7 Å². The van der Waals surface area contributed by atoms with Crippen LogP contribution >= 0.6 is 27.5 Å². The highest BCUT2D eigenvalue weighted by Crippen LogP contribution is 2.29. The number of benzene rings is 1. The molecule has 2 rings (SSSR count). The fourth-order valence-electron chi connectivity index (χ4n) is 1.89. The van der Waals surface area contributed by atoms with Gasteiger partial charge in [-0.25, -0.2) is 4.98 Å². The predicted molar refractivity (Wildman–Crippen MR) is 79.0 cm³/mol. The van der Waals surface area contributed by atoms with Gasteiger partial charge in [-0.3, -0.25) is 0 Å². The Morgan fingerprint density at radius 2 is 2.00 bits per heavy atom. The minimum atomic E-state index is 0.561. The van der Waals surface area contributed by atoms with Gasteiger partial charge in [0.15, 0.2) is 5.15 Å². The summed E-state index contributed by atoms with van der Waals surface area (Å²) in [5, 5.41) is 3.68. The standard InChI is InChI=1S/C13H15BrClN3/c1-16-8-7-11-17-13(15)12(18(11)2)9-3-5-10(14)6-4-9/h3-6,16H,7-8H2,1-2H3. The van der Waals surface area contributed by atoms with Crippen molar-refractivity contribution in [2.75, 3.05) is 13.6 Å². The SMILES string of the molecule is CNCCc1nc(Cl)c(-c2ccc(Br)cc2)n1C. The van der Waals surface area contributed by atoms with Gasteiger partial charge in [-0.05, 0) is 19.2 Å². The molecule has 0 aliphatic heterocycles. The van der Waals surface area contributed by atoms with Gasteiger partial charge in [0.1, 0.15) is 5.82 Å². The highest BCUT2D eigenvalue weighted by Gasteiger charge is 2.14. The van der Waals surface area contributed by atoms with Crippen LogP contribution in [0.3, 0.4) is 0 Å². The topological polar surface area (TPSA) is 29.9 Å². The van der Waals surface area contributed by atoms with Crippen LogP contribution in [0.5, 0.6) is 0 Å². The second-order valence-corrected chi connectivity index (χ2v) is 5.36. The smallest absolute Gasteiger partial charge is 0.155 e. The summed E-state index contributed by atoms with van der Waals surface area (Å²) >= 11 is 9.67. The van der Waals surface area contributed by atoms with E-state index in [1.54, 1.807) is 0 Å². The van der Waals surface area contributed by atoms with E-state index in [9.17, 15) is 0 Å². The van der Waals surface area contributed by atoms with Crippen molar-refractivity contribution in [1.82, 2.24) is 14.9 Å². The second-order valence-electron chi connectivity index (χ2n) is 4.09. The van der Waals surface area contributed by atoms with Crippen LogP contribution in [0.2, 0.25) is 5.15 Å². The number of imidazole rings is 1. The first kappa shape index (κ1) is 13.6. The van der Waals surface area contributed by atoms with Gasteiger partial charge in [-0.2, -0.15) is 0 Å². The molecule has 0 spiro atoms. The van der Waals surface area contributed by atoms with E-state index in [4.69, 9.17) is 11.6 Å². The number of hydrogen-bond acceptors (Lipinski definition) is 2. The first-order valence-electron chi connectivity index (χ1n) is 5.75. The van der Waals surface area contributed by atoms with Gasteiger partial charge in [0.2, 0.25) is 0 Å². The maximum Gasteiger partial charge on any atom is 0.155 e. The van der Waals surface area contributed by atoms with Gasteiger partial charge < -0.3 is 9.88 Å². The van der Waals surface area contributed by atoms with Crippen molar-refractivity contribution in [2.45, 2.75) is 6.42 Å². The Morgan fingerprint density at radius 3 is 2.61 bits per heavy atom. The molecule has 0 unspecified atom stereocenters. The van der Waals surface area contributed by atoms with Crippen molar-refractivity contribution in [3.8, 4) is 11.3 Å². The molecule has 5 heteroatoms. The molecule has 18 heavy (non-hydrogen) atoms. The first-order valence-corrected chi connectivity index (χ1v) is 6.92. The Hall–Kier alpha value is -0.840. The lowest BCUT2D eigenvalue weighted by molar-refractivity contribution is 0.720. The summed E-state index contributed by atoms with van der Waals surface area (Å²) in [6.45, 7) is 0.890. The van der Waals surface area contributed by atoms with Gasteiger partial charge >= 0.3 is 0 Å². The summed E-state index contributed by atoms with van der Waals surface area (Å²) in [5.74, 6) is 0.993. The number of aromatic nitrogens is 2. The second kappa shape index (κ2) is 5.87. The van der Waals surface area contributed by atoms with Crippen LogP contribution in [0.4, 0.5) is 0 Å². The van der Waals surface area contributed by atoms with E-state index in [2.05, 4.69) is 30.8 Å². The highest BCUT2D eigenvalue weighted by atomic mass is 79.9. The normalized spacial score (nSPS) is 10.9. The molecule has 0 saturated heterocycles. The van der Waals surface area contributed by atoms with E-state index >= 15 is 0 Å². The fourth-order valence-corrected chi connectivity index (χ4v) is 2.49. The van der Waals surface area contributed by atoms with Crippen molar-refractivity contribution in [2.24, 2.45) is 7.05 Å². The van der Waals surface area contributed by atoms with Crippen molar-refractivity contribution in [3.63, 3.8) is 0 Å². The Bertz CT molecular complexity index is 534. The molecule has 0 aliphatic carbocycles. The van der Waals surface area contributed by atoms with Crippen molar-refractivity contribution < 1.29 is 0 Å². The van der Waals surface area contributed by atoms with Gasteiger partial charge in [0, 0.05) is 30.0 Å². The number of hydrogen-bond donors (Lipinski definition) is 1. The van der Waals surface area contributed by atoms with Gasteiger partial charge in [-0.15, -0.1) is 0 Å². The molecule has 0 atom stereocenters. The number of nitrogens with zero attached hydrogens (tertiary/aromatic N) is 2. The van der Waals surface area contributed by atoms with Gasteiger partial charge in [-0.1, -0.05) is 39.7 Å². The molecule has 0 fully saturated rings. The molecule has 1 heterocycles. The van der Waals surface area contributed by atoms with Crippen molar-refractivity contribution in [1.29, 1.82) is 0 Å². The first-order chi connectivity index (χ1) is 8.63. The summed E-state index contributed by atoms with van der Waals surface area (Å²) in [4.78, 5) is 4.42. The van der Waals surface area contributed by atoms with E-state index in [-0.39, 0.29) is 0 Å². The van der Waals surface area contributed by atoms with Gasteiger partial charge in [0.05, 0.1) is 5.69 Å². The molecule has 0 aliphatic rings. The zero-order chi connectivity index (χ0) is 13.1. The molecule has 1 aromatic carbocycles. The van der Waals surface area contributed by atoms with E-state index in [1.807, 2.05) is 38.4 Å². The third-order valence-corrected chi connectivity index (χ3v) is 3.65. The minimum Gasteiger partial charge on any atom is -0.330 e. The molecular formula is C13H15BrClN3. The van der Waals surface area contributed by atoms with Crippen LogP contribution in [0, 0.1) is 0 Å². The van der Waals surface area contributed by atoms with E-state index in [0.29, 0.717) is 5.15 Å². The van der Waals surface area contributed by atoms with E-state index in [0.717, 1.165) is 34.5 Å². The van der Waals surface area contributed by atoms with Crippen molar-refractivity contribution >= 4 is 27.5 Å². The zero-order valence-electron chi connectivity index (χ0n) is 10.4. The molecular weight excluding hydrogens is 314 g/mol.